The molecule has 0 aliphatic rings. The summed E-state index contributed by atoms with van der Waals surface area (Å²) >= 11 is 0. The zero-order chi connectivity index (χ0) is 61.7. The molecule has 0 bridgehead atoms. The standard InChI is InChI=1S/C40H26F3N3.C40H26N4/c1-24-14-16-36-31(18-24)29-10-3-5-12-34(29)45(36)28-21-33(40(41,42)43)39(27-9-7-8-26(20-27)23-44)38(22-28)46-35-13-6-4-11-30(35)32-19-25(2)15-17-37(32)46;1-25-14-16-37-33(18-25)31-10-3-5-12-35(31)43(37)30-21-29(24-42)40(28-9-7-8-27(20-28)23-41)39(22-30)44-36-13-6-4-11-32(36)34-19-26(2)15-17-38(34)44/h3-22H,1-2H3;3-22H,1-2H3. The van der Waals surface area contributed by atoms with E-state index in [2.05, 4.69) is 144 Å². The van der Waals surface area contributed by atoms with Gasteiger partial charge in [0.05, 0.1) is 96.0 Å². The van der Waals surface area contributed by atoms with Gasteiger partial charge in [-0.3, -0.25) is 0 Å². The van der Waals surface area contributed by atoms with Gasteiger partial charge in [0.15, 0.2) is 0 Å². The van der Waals surface area contributed by atoms with Crippen LogP contribution in [0, 0.1) is 61.7 Å². The van der Waals surface area contributed by atoms with E-state index in [0.717, 1.165) is 110 Å². The van der Waals surface area contributed by atoms with Crippen LogP contribution in [0.1, 0.15) is 44.5 Å². The number of para-hydroxylation sites is 4. The molecule has 90 heavy (non-hydrogen) atoms. The third-order valence-corrected chi connectivity index (χ3v) is 17.5. The third kappa shape index (κ3) is 8.86. The summed E-state index contributed by atoms with van der Waals surface area (Å²) in [5.74, 6) is 0. The summed E-state index contributed by atoms with van der Waals surface area (Å²) in [4.78, 5) is 0. The quantitative estimate of drug-likeness (QED) is 0.166. The minimum absolute atomic E-state index is 0.0215. The van der Waals surface area contributed by atoms with Crippen LogP contribution in [0.25, 0.3) is 132 Å². The van der Waals surface area contributed by atoms with Crippen LogP contribution >= 0.6 is 0 Å². The van der Waals surface area contributed by atoms with Gasteiger partial charge in [0, 0.05) is 65.6 Å². The van der Waals surface area contributed by atoms with Crippen molar-refractivity contribution in [1.29, 1.82) is 15.8 Å². The van der Waals surface area contributed by atoms with Gasteiger partial charge in [-0.15, -0.1) is 0 Å². The van der Waals surface area contributed by atoms with Crippen molar-refractivity contribution in [2.75, 3.05) is 0 Å². The molecule has 0 atom stereocenters. The summed E-state index contributed by atoms with van der Waals surface area (Å²) in [6.07, 6.45) is -4.70. The lowest BCUT2D eigenvalue weighted by Gasteiger charge is -2.22. The van der Waals surface area contributed by atoms with Gasteiger partial charge in [0.2, 0.25) is 0 Å². The van der Waals surface area contributed by atoms with Crippen LogP contribution in [0.5, 0.6) is 0 Å². The van der Waals surface area contributed by atoms with Crippen LogP contribution in [0.3, 0.4) is 0 Å². The molecule has 0 N–H and O–H groups in total. The predicted molar refractivity (Wildman–Crippen MR) is 359 cm³/mol. The highest BCUT2D eigenvalue weighted by molar-refractivity contribution is 6.14. The highest BCUT2D eigenvalue weighted by Crippen LogP contribution is 2.47. The number of rotatable bonds is 6. The highest BCUT2D eigenvalue weighted by Gasteiger charge is 2.37. The van der Waals surface area contributed by atoms with Crippen LogP contribution in [0.15, 0.2) is 243 Å². The Hall–Kier alpha value is -11.9. The maximum absolute atomic E-state index is 15.4. The van der Waals surface area contributed by atoms with E-state index in [9.17, 15) is 15.8 Å². The van der Waals surface area contributed by atoms with Crippen molar-refractivity contribution in [2.24, 2.45) is 0 Å². The number of nitrogens with zero attached hydrogens (tertiary/aromatic N) is 7. The summed E-state index contributed by atoms with van der Waals surface area (Å²) < 4.78 is 54.7. The Labute approximate surface area is 516 Å². The summed E-state index contributed by atoms with van der Waals surface area (Å²) in [7, 11) is 0. The largest absolute Gasteiger partial charge is 0.417 e. The lowest BCUT2D eigenvalue weighted by atomic mass is 9.94. The molecule has 10 heteroatoms. The molecule has 4 aromatic heterocycles. The molecule has 16 aromatic rings. The monoisotopic (exact) mass is 1170 g/mol. The molecule has 0 unspecified atom stereocenters. The van der Waals surface area contributed by atoms with E-state index in [4.69, 9.17) is 0 Å². The first-order valence-corrected chi connectivity index (χ1v) is 29.6. The van der Waals surface area contributed by atoms with Crippen molar-refractivity contribution in [1.82, 2.24) is 18.3 Å². The van der Waals surface area contributed by atoms with Gasteiger partial charge in [-0.25, -0.2) is 0 Å². The second-order valence-corrected chi connectivity index (χ2v) is 23.3. The van der Waals surface area contributed by atoms with Crippen LogP contribution in [-0.2, 0) is 6.18 Å². The summed E-state index contributed by atoms with van der Waals surface area (Å²) in [6, 6.07) is 85.9. The van der Waals surface area contributed by atoms with Crippen molar-refractivity contribution in [3.63, 3.8) is 0 Å². The Bertz CT molecular complexity index is 5830. The second kappa shape index (κ2) is 21.2. The van der Waals surface area contributed by atoms with Crippen LogP contribution in [0.2, 0.25) is 0 Å². The van der Waals surface area contributed by atoms with Gasteiger partial charge >= 0.3 is 6.18 Å². The smallest absolute Gasteiger partial charge is 0.309 e. The van der Waals surface area contributed by atoms with E-state index >= 15 is 13.2 Å². The Kier molecular flexibility index (Phi) is 12.9. The average molecular weight is 1170 g/mol. The maximum Gasteiger partial charge on any atom is 0.417 e. The van der Waals surface area contributed by atoms with E-state index < -0.39 is 11.7 Å². The molecule has 7 nitrogen and oxygen atoms in total. The molecule has 428 valence electrons. The zero-order valence-corrected chi connectivity index (χ0v) is 49.4. The van der Waals surface area contributed by atoms with Crippen molar-refractivity contribution in [3.05, 3.63) is 287 Å². The molecule has 16 rings (SSSR count). The van der Waals surface area contributed by atoms with Crippen molar-refractivity contribution in [2.45, 2.75) is 33.9 Å². The Balaban J connectivity index is 0.000000150. The average Bonchev–Trinajstić information content (AvgIpc) is 1.86. The third-order valence-electron chi connectivity index (χ3n) is 17.5. The summed E-state index contributed by atoms with van der Waals surface area (Å²) in [5, 5.41) is 38.7. The molecule has 12 aromatic carbocycles. The fraction of sp³-hybridized carbons (Fsp3) is 0.0625. The van der Waals surface area contributed by atoms with Crippen LogP contribution in [0.4, 0.5) is 13.2 Å². The van der Waals surface area contributed by atoms with Gasteiger partial charge in [0.1, 0.15) is 0 Å². The first-order chi connectivity index (χ1) is 43.8. The molecule has 4 heterocycles. The number of aromatic nitrogens is 4. The van der Waals surface area contributed by atoms with Crippen LogP contribution in [-0.4, -0.2) is 18.3 Å². The normalized spacial score (nSPS) is 11.7. The molecule has 0 fully saturated rings. The maximum atomic E-state index is 15.4. The second-order valence-electron chi connectivity index (χ2n) is 23.3. The van der Waals surface area contributed by atoms with Crippen molar-refractivity contribution < 1.29 is 13.2 Å². The number of halogens is 3. The molecule has 0 saturated heterocycles. The fourth-order valence-corrected chi connectivity index (χ4v) is 13.7. The van der Waals surface area contributed by atoms with Gasteiger partial charge in [-0.2, -0.15) is 29.0 Å². The minimum atomic E-state index is -4.70. The molecule has 0 saturated carbocycles. The van der Waals surface area contributed by atoms with E-state index in [0.29, 0.717) is 28.1 Å². The van der Waals surface area contributed by atoms with Crippen molar-refractivity contribution in [3.8, 4) is 63.2 Å². The van der Waals surface area contributed by atoms with Gasteiger partial charge in [0.25, 0.3) is 0 Å². The van der Waals surface area contributed by atoms with Crippen molar-refractivity contribution >= 4 is 87.2 Å². The highest BCUT2D eigenvalue weighted by atomic mass is 19.4. The summed E-state index contributed by atoms with van der Waals surface area (Å²) in [6.45, 7) is 8.25. The predicted octanol–water partition coefficient (Wildman–Crippen LogP) is 21.0. The van der Waals surface area contributed by atoms with E-state index in [1.165, 1.54) is 34.0 Å². The first kappa shape index (κ1) is 54.7. The molecule has 0 radical (unpaired) electrons. The SMILES string of the molecule is Cc1ccc2c(c1)c1ccccc1n2-c1cc(-n2c3ccccc3c3cc(C)ccc32)c(-c2cccc(C#N)c2)c(C(F)(F)F)c1.Cc1ccc2c(c1)c1ccccc1n2-c1cc(C#N)c(-c2cccc(C#N)c2)c(-n2c3ccccc3c3cc(C)ccc32)c1. The van der Waals surface area contributed by atoms with Gasteiger partial charge in [-0.1, -0.05) is 144 Å². The van der Waals surface area contributed by atoms with Gasteiger partial charge in [-0.05, 0) is 160 Å². The molecule has 0 spiro atoms. The molecular weight excluding hydrogens is 1120 g/mol. The lowest BCUT2D eigenvalue weighted by Crippen LogP contribution is -2.12. The first-order valence-electron chi connectivity index (χ1n) is 29.6. The minimum Gasteiger partial charge on any atom is -0.309 e. The number of hydrogen-bond acceptors (Lipinski definition) is 3. The number of hydrogen-bond donors (Lipinski definition) is 0. The number of alkyl halides is 3. The van der Waals surface area contributed by atoms with Crippen LogP contribution < -0.4 is 0 Å². The Morgan fingerprint density at radius 2 is 0.633 bits per heavy atom. The number of benzene rings is 12. The Morgan fingerprint density at radius 3 is 1.01 bits per heavy atom. The van der Waals surface area contributed by atoms with E-state index in [1.54, 1.807) is 24.3 Å². The zero-order valence-electron chi connectivity index (χ0n) is 49.4. The molecular formula is C80H52F3N7. The summed E-state index contributed by atoms with van der Waals surface area (Å²) in [5.41, 5.74) is 17.2. The Morgan fingerprint density at radius 1 is 0.300 bits per heavy atom. The molecule has 0 aliphatic carbocycles. The van der Waals surface area contributed by atoms with E-state index in [-0.39, 0.29) is 11.1 Å². The van der Waals surface area contributed by atoms with Gasteiger partial charge < -0.3 is 18.3 Å². The number of nitriles is 3. The van der Waals surface area contributed by atoms with E-state index in [1.807, 2.05) is 126 Å². The topological polar surface area (TPSA) is 91.1 Å². The number of fused-ring (bicyclic) bond motifs is 12. The lowest BCUT2D eigenvalue weighted by molar-refractivity contribution is -0.137. The molecule has 0 amide bonds. The molecule has 0 aliphatic heterocycles. The number of aryl methyl sites for hydroxylation is 4. The fourth-order valence-electron chi connectivity index (χ4n) is 13.7.